The third-order valence-corrected chi connectivity index (χ3v) is 7.04. The lowest BCUT2D eigenvalue weighted by molar-refractivity contribution is -0.870. The second-order valence-electron chi connectivity index (χ2n) is 10.7. The molecule has 0 bridgehead atoms. The van der Waals surface area contributed by atoms with Crippen LogP contribution >= 0.6 is 7.82 Å². The van der Waals surface area contributed by atoms with E-state index in [4.69, 9.17) is 9.05 Å². The Morgan fingerprint density at radius 3 is 1.52 bits per heavy atom. The van der Waals surface area contributed by atoms with Crippen LogP contribution in [-0.4, -0.2) is 56.6 Å². The fraction of sp³-hybridized carbons (Fsp3) is 1.00. The van der Waals surface area contributed by atoms with Crippen LogP contribution in [0, 0.1) is 0 Å². The summed E-state index contributed by atoms with van der Waals surface area (Å²) in [5.74, 6) is 0. The lowest BCUT2D eigenvalue weighted by Gasteiger charge is -2.27. The molecule has 0 saturated heterocycles. The number of rotatable bonds is 25. The third-order valence-electron chi connectivity index (χ3n) is 6.08. The summed E-state index contributed by atoms with van der Waals surface area (Å²) >= 11 is 0. The Balaban J connectivity index is 3.38. The van der Waals surface area contributed by atoms with E-state index >= 15 is 0 Å². The van der Waals surface area contributed by atoms with Gasteiger partial charge in [0.1, 0.15) is 13.2 Å². The first-order chi connectivity index (χ1) is 15.7. The Labute approximate surface area is 205 Å². The van der Waals surface area contributed by atoms with E-state index in [0.717, 1.165) is 12.8 Å². The van der Waals surface area contributed by atoms with Gasteiger partial charge in [-0.05, 0) is 6.42 Å². The predicted molar refractivity (Wildman–Crippen MR) is 137 cm³/mol. The lowest BCUT2D eigenvalue weighted by Crippen LogP contribution is -2.37. The second-order valence-corrected chi connectivity index (χ2v) is 12.1. The van der Waals surface area contributed by atoms with Crippen LogP contribution in [0.4, 0.5) is 0 Å². The van der Waals surface area contributed by atoms with E-state index in [-0.39, 0.29) is 13.2 Å². The van der Waals surface area contributed by atoms with Crippen molar-refractivity contribution < 1.29 is 28.1 Å². The van der Waals surface area contributed by atoms with Crippen molar-refractivity contribution in [2.24, 2.45) is 0 Å². The Morgan fingerprint density at radius 2 is 1.12 bits per heavy atom. The van der Waals surface area contributed by atoms with Gasteiger partial charge in [-0.15, -0.1) is 0 Å². The zero-order chi connectivity index (χ0) is 24.8. The van der Waals surface area contributed by atoms with Crippen molar-refractivity contribution >= 4 is 7.82 Å². The van der Waals surface area contributed by atoms with E-state index < -0.39 is 13.9 Å². The Hall–Kier alpha value is 0.0300. The van der Waals surface area contributed by atoms with Crippen LogP contribution in [0.3, 0.4) is 0 Å². The molecule has 0 aliphatic carbocycles. The summed E-state index contributed by atoms with van der Waals surface area (Å²) in [6, 6.07) is 0. The Kier molecular flexibility index (Phi) is 21.3. The van der Waals surface area contributed by atoms with Crippen LogP contribution in [0.25, 0.3) is 0 Å². The first kappa shape index (κ1) is 33.0. The molecule has 33 heavy (non-hydrogen) atoms. The molecule has 0 radical (unpaired) electrons. The quantitative estimate of drug-likeness (QED) is 0.0881. The number of phosphoric ester groups is 1. The summed E-state index contributed by atoms with van der Waals surface area (Å²) in [5.41, 5.74) is 0. The maximum Gasteiger partial charge on any atom is 0.268 e. The number of aliphatic hydroxyl groups excluding tert-OH is 1. The molecule has 200 valence electrons. The van der Waals surface area contributed by atoms with Crippen molar-refractivity contribution in [2.75, 3.05) is 40.9 Å². The maximum absolute atomic E-state index is 11.7. The minimum absolute atomic E-state index is 0.0829. The summed E-state index contributed by atoms with van der Waals surface area (Å²) in [4.78, 5) is 11.7. The van der Waals surface area contributed by atoms with Crippen molar-refractivity contribution in [3.8, 4) is 0 Å². The molecule has 0 saturated carbocycles. The monoisotopic (exact) mass is 493 g/mol. The van der Waals surface area contributed by atoms with Crippen LogP contribution < -0.4 is 4.89 Å². The van der Waals surface area contributed by atoms with Crippen LogP contribution in [0.5, 0.6) is 0 Å². The van der Waals surface area contributed by atoms with Gasteiger partial charge in [0.25, 0.3) is 7.82 Å². The number of phosphoric acid groups is 1. The van der Waals surface area contributed by atoms with Gasteiger partial charge in [0.05, 0.1) is 33.9 Å². The lowest BCUT2D eigenvalue weighted by atomic mass is 10.0. The van der Waals surface area contributed by atoms with Gasteiger partial charge in [0, 0.05) is 0 Å². The smallest absolute Gasteiger partial charge is 0.268 e. The minimum Gasteiger partial charge on any atom is -0.756 e. The average molecular weight is 494 g/mol. The van der Waals surface area contributed by atoms with E-state index in [1.54, 1.807) is 0 Å². The highest BCUT2D eigenvalue weighted by molar-refractivity contribution is 7.45. The van der Waals surface area contributed by atoms with Gasteiger partial charge in [0.2, 0.25) is 0 Å². The molecule has 0 aromatic rings. The maximum atomic E-state index is 11.7. The summed E-state index contributed by atoms with van der Waals surface area (Å²) in [6.07, 6.45) is 22.2. The Bertz CT molecular complexity index is 470. The molecule has 2 unspecified atom stereocenters. The average Bonchev–Trinajstić information content (AvgIpc) is 2.73. The van der Waals surface area contributed by atoms with Crippen LogP contribution in [0.1, 0.15) is 122 Å². The van der Waals surface area contributed by atoms with Crippen LogP contribution in [-0.2, 0) is 13.6 Å². The first-order valence-electron chi connectivity index (χ1n) is 13.7. The molecule has 0 heterocycles. The molecular weight excluding hydrogens is 437 g/mol. The SMILES string of the molecule is CCCCCCCCCCCCCCCCCCCC(O)COP(=O)([O-])OCC[N+](C)(C)C. The normalized spacial score (nSPS) is 15.0. The topological polar surface area (TPSA) is 78.8 Å². The fourth-order valence-corrected chi connectivity index (χ4v) is 4.56. The minimum atomic E-state index is -4.33. The number of likely N-dealkylation sites (N-methyl/N-ethyl adjacent to an activating group) is 1. The van der Waals surface area contributed by atoms with Gasteiger partial charge in [-0.25, -0.2) is 0 Å². The molecule has 1 N–H and O–H groups in total. The number of aliphatic hydroxyl groups is 1. The number of quaternary nitrogens is 1. The fourth-order valence-electron chi connectivity index (χ4n) is 3.83. The molecular formula is C26H56NO5P. The van der Waals surface area contributed by atoms with Gasteiger partial charge in [-0.3, -0.25) is 4.57 Å². The Morgan fingerprint density at radius 1 is 0.727 bits per heavy atom. The van der Waals surface area contributed by atoms with Gasteiger partial charge in [0.15, 0.2) is 0 Å². The van der Waals surface area contributed by atoms with E-state index in [0.29, 0.717) is 17.4 Å². The standard InChI is InChI=1S/C26H56NO5P/c1-5-6-7-8-9-10-11-12-13-14-15-16-17-18-19-20-21-22-26(28)25-32-33(29,30)31-24-23-27(2,3)4/h26,28H,5-25H2,1-4H3. The molecule has 0 fully saturated rings. The number of unbranched alkanes of at least 4 members (excludes halogenated alkanes) is 16. The van der Waals surface area contributed by atoms with Gasteiger partial charge >= 0.3 is 0 Å². The van der Waals surface area contributed by atoms with E-state index in [1.165, 1.54) is 96.3 Å². The van der Waals surface area contributed by atoms with Gasteiger partial charge in [-0.1, -0.05) is 116 Å². The number of hydrogen-bond donors (Lipinski definition) is 1. The zero-order valence-corrected chi connectivity index (χ0v) is 23.3. The van der Waals surface area contributed by atoms with Crippen molar-refractivity contribution in [1.29, 1.82) is 0 Å². The molecule has 0 aromatic carbocycles. The predicted octanol–water partition coefficient (Wildman–Crippen LogP) is 6.60. The van der Waals surface area contributed by atoms with Crippen molar-refractivity contribution in [3.05, 3.63) is 0 Å². The summed E-state index contributed by atoms with van der Waals surface area (Å²) in [5, 5.41) is 9.95. The molecule has 6 nitrogen and oxygen atoms in total. The van der Waals surface area contributed by atoms with Crippen molar-refractivity contribution in [2.45, 2.75) is 129 Å². The number of hydrogen-bond acceptors (Lipinski definition) is 5. The number of nitrogens with zero attached hydrogens (tertiary/aromatic N) is 1. The van der Waals surface area contributed by atoms with E-state index in [2.05, 4.69) is 6.92 Å². The van der Waals surface area contributed by atoms with Crippen molar-refractivity contribution in [3.63, 3.8) is 0 Å². The third kappa shape index (κ3) is 26.5. The first-order valence-corrected chi connectivity index (χ1v) is 15.2. The van der Waals surface area contributed by atoms with Crippen molar-refractivity contribution in [1.82, 2.24) is 0 Å². The highest BCUT2D eigenvalue weighted by Gasteiger charge is 2.15. The molecule has 0 amide bonds. The molecule has 2 atom stereocenters. The molecule has 0 spiro atoms. The van der Waals surface area contributed by atoms with Gasteiger partial charge in [-0.2, -0.15) is 0 Å². The molecule has 0 aliphatic heterocycles. The summed E-state index contributed by atoms with van der Waals surface area (Å²) in [7, 11) is 1.55. The van der Waals surface area contributed by atoms with Crippen LogP contribution in [0.15, 0.2) is 0 Å². The molecule has 0 aromatic heterocycles. The summed E-state index contributed by atoms with van der Waals surface area (Å²) < 4.78 is 22.0. The summed E-state index contributed by atoms with van der Waals surface area (Å²) in [6.45, 7) is 2.70. The zero-order valence-electron chi connectivity index (χ0n) is 22.4. The van der Waals surface area contributed by atoms with Crippen LogP contribution in [0.2, 0.25) is 0 Å². The van der Waals surface area contributed by atoms with E-state index in [9.17, 15) is 14.6 Å². The highest BCUT2D eigenvalue weighted by atomic mass is 31.2. The molecule has 0 rings (SSSR count). The molecule has 7 heteroatoms. The molecule has 0 aliphatic rings. The van der Waals surface area contributed by atoms with E-state index in [1.807, 2.05) is 21.1 Å². The highest BCUT2D eigenvalue weighted by Crippen LogP contribution is 2.38. The second kappa shape index (κ2) is 21.3. The van der Waals surface area contributed by atoms with Gasteiger partial charge < -0.3 is 23.5 Å². The largest absolute Gasteiger partial charge is 0.756 e.